The van der Waals surface area contributed by atoms with Crippen molar-refractivity contribution < 1.29 is 9.18 Å². The molecule has 0 N–H and O–H groups in total. The van der Waals surface area contributed by atoms with Crippen molar-refractivity contribution in [1.29, 1.82) is 0 Å². The topological polar surface area (TPSA) is 41.4 Å². The molecule has 0 spiro atoms. The first-order valence-electron chi connectivity index (χ1n) is 9.58. The van der Waals surface area contributed by atoms with E-state index in [0.29, 0.717) is 18.9 Å². The molecule has 1 fully saturated rings. The second-order valence-electron chi connectivity index (χ2n) is 7.80. The molecule has 1 saturated heterocycles. The fourth-order valence-electron chi connectivity index (χ4n) is 3.67. The van der Waals surface area contributed by atoms with Gasteiger partial charge in [-0.05, 0) is 30.5 Å². The number of halogens is 1. The van der Waals surface area contributed by atoms with Gasteiger partial charge < -0.3 is 9.47 Å². The smallest absolute Gasteiger partial charge is 0.224 e. The summed E-state index contributed by atoms with van der Waals surface area (Å²) in [6.45, 7) is 9.21. The zero-order valence-corrected chi connectivity index (χ0v) is 16.7. The SMILES string of the molecule is Cc1ncc(CN2CCC(=O)N(Cc3ccc(F)cc3)[C@@H](C(C)C)C2)n1C. The van der Waals surface area contributed by atoms with Crippen LogP contribution in [0.25, 0.3) is 0 Å². The molecule has 3 rings (SSSR count). The fourth-order valence-corrected chi connectivity index (χ4v) is 3.67. The standard InChI is InChI=1S/C21H29FN4O/c1-15(2)20-14-25(13-19-11-23-16(3)24(19)4)10-9-21(27)26(20)12-17-5-7-18(22)8-6-17/h5-8,11,15,20H,9-10,12-14H2,1-4H3/t20-/m1/s1. The minimum Gasteiger partial charge on any atom is -0.334 e. The minimum absolute atomic E-state index is 0.124. The van der Waals surface area contributed by atoms with Gasteiger partial charge in [0.2, 0.25) is 5.91 Å². The zero-order chi connectivity index (χ0) is 19.6. The summed E-state index contributed by atoms with van der Waals surface area (Å²) in [4.78, 5) is 21.6. The Morgan fingerprint density at radius 3 is 2.52 bits per heavy atom. The first kappa shape index (κ1) is 19.5. The van der Waals surface area contributed by atoms with Crippen LogP contribution in [0.15, 0.2) is 30.5 Å². The van der Waals surface area contributed by atoms with Gasteiger partial charge in [-0.1, -0.05) is 26.0 Å². The van der Waals surface area contributed by atoms with Crippen LogP contribution in [-0.2, 0) is 24.9 Å². The molecule has 1 atom stereocenters. The van der Waals surface area contributed by atoms with E-state index < -0.39 is 0 Å². The number of nitrogens with zero attached hydrogens (tertiary/aromatic N) is 4. The number of amides is 1. The van der Waals surface area contributed by atoms with Gasteiger partial charge in [-0.2, -0.15) is 0 Å². The minimum atomic E-state index is -0.251. The number of hydrogen-bond acceptors (Lipinski definition) is 3. The largest absolute Gasteiger partial charge is 0.334 e. The Morgan fingerprint density at radius 1 is 1.22 bits per heavy atom. The highest BCUT2D eigenvalue weighted by Crippen LogP contribution is 2.22. The number of imidazole rings is 1. The molecule has 0 radical (unpaired) electrons. The van der Waals surface area contributed by atoms with Crippen molar-refractivity contribution in [3.63, 3.8) is 0 Å². The third-order valence-electron chi connectivity index (χ3n) is 5.55. The molecule has 146 valence electrons. The van der Waals surface area contributed by atoms with Crippen LogP contribution in [0.5, 0.6) is 0 Å². The highest BCUT2D eigenvalue weighted by Gasteiger charge is 2.32. The average molecular weight is 372 g/mol. The maximum Gasteiger partial charge on any atom is 0.224 e. The van der Waals surface area contributed by atoms with E-state index >= 15 is 0 Å². The van der Waals surface area contributed by atoms with Crippen molar-refractivity contribution >= 4 is 5.91 Å². The van der Waals surface area contributed by atoms with E-state index in [1.165, 1.54) is 12.1 Å². The number of carbonyl (C=O) groups is 1. The van der Waals surface area contributed by atoms with Gasteiger partial charge in [-0.3, -0.25) is 9.69 Å². The Morgan fingerprint density at radius 2 is 1.93 bits per heavy atom. The average Bonchev–Trinajstić information content (AvgIpc) is 2.85. The van der Waals surface area contributed by atoms with E-state index in [0.717, 1.165) is 36.7 Å². The van der Waals surface area contributed by atoms with Crippen molar-refractivity contribution in [2.45, 2.75) is 46.3 Å². The molecule has 1 amide bonds. The second-order valence-corrected chi connectivity index (χ2v) is 7.80. The molecule has 5 nitrogen and oxygen atoms in total. The lowest BCUT2D eigenvalue weighted by atomic mass is 10.0. The van der Waals surface area contributed by atoms with E-state index in [2.05, 4.69) is 28.3 Å². The Hall–Kier alpha value is -2.21. The molecule has 1 aliphatic heterocycles. The van der Waals surface area contributed by atoms with Gasteiger partial charge >= 0.3 is 0 Å². The maximum atomic E-state index is 13.2. The Balaban J connectivity index is 1.77. The molecule has 0 bridgehead atoms. The molecule has 2 heterocycles. The first-order chi connectivity index (χ1) is 12.8. The van der Waals surface area contributed by atoms with Crippen molar-refractivity contribution in [3.05, 3.63) is 53.4 Å². The maximum absolute atomic E-state index is 13.2. The van der Waals surface area contributed by atoms with Crippen LogP contribution in [0, 0.1) is 18.7 Å². The lowest BCUT2D eigenvalue weighted by Gasteiger charge is -2.35. The Kier molecular flexibility index (Phi) is 5.95. The summed E-state index contributed by atoms with van der Waals surface area (Å²) in [6.07, 6.45) is 2.42. The summed E-state index contributed by atoms with van der Waals surface area (Å²) < 4.78 is 15.3. The quantitative estimate of drug-likeness (QED) is 0.810. The van der Waals surface area contributed by atoms with E-state index in [9.17, 15) is 9.18 Å². The van der Waals surface area contributed by atoms with Gasteiger partial charge in [0.25, 0.3) is 0 Å². The van der Waals surface area contributed by atoms with Crippen molar-refractivity contribution in [3.8, 4) is 0 Å². The Labute approximate surface area is 160 Å². The van der Waals surface area contributed by atoms with Crippen LogP contribution in [0.2, 0.25) is 0 Å². The second kappa shape index (κ2) is 8.21. The lowest BCUT2D eigenvalue weighted by Crippen LogP contribution is -2.45. The zero-order valence-electron chi connectivity index (χ0n) is 16.7. The summed E-state index contributed by atoms with van der Waals surface area (Å²) >= 11 is 0. The summed E-state index contributed by atoms with van der Waals surface area (Å²) in [6, 6.07) is 6.57. The van der Waals surface area contributed by atoms with Crippen molar-refractivity contribution in [2.75, 3.05) is 13.1 Å². The molecular formula is C21H29FN4O. The third-order valence-corrected chi connectivity index (χ3v) is 5.55. The van der Waals surface area contributed by atoms with Gasteiger partial charge in [0, 0.05) is 51.9 Å². The number of benzene rings is 1. The highest BCUT2D eigenvalue weighted by atomic mass is 19.1. The highest BCUT2D eigenvalue weighted by molar-refractivity contribution is 5.77. The van der Waals surface area contributed by atoms with Crippen LogP contribution < -0.4 is 0 Å². The van der Waals surface area contributed by atoms with Crippen LogP contribution >= 0.6 is 0 Å². The predicted molar refractivity (Wildman–Crippen MR) is 103 cm³/mol. The first-order valence-corrected chi connectivity index (χ1v) is 9.58. The number of aromatic nitrogens is 2. The Bertz CT molecular complexity index is 784. The summed E-state index contributed by atoms with van der Waals surface area (Å²) in [5, 5.41) is 0. The molecule has 0 unspecified atom stereocenters. The van der Waals surface area contributed by atoms with Crippen LogP contribution in [-0.4, -0.2) is 44.4 Å². The number of rotatable bonds is 5. The number of hydrogen-bond donors (Lipinski definition) is 0. The third kappa shape index (κ3) is 4.56. The molecule has 6 heteroatoms. The molecule has 1 aromatic carbocycles. The molecule has 1 aliphatic rings. The van der Waals surface area contributed by atoms with Crippen molar-refractivity contribution in [2.24, 2.45) is 13.0 Å². The fraction of sp³-hybridized carbons (Fsp3) is 0.524. The molecule has 27 heavy (non-hydrogen) atoms. The van der Waals surface area contributed by atoms with Crippen LogP contribution in [0.1, 0.15) is 37.4 Å². The van der Waals surface area contributed by atoms with E-state index in [-0.39, 0.29) is 17.8 Å². The van der Waals surface area contributed by atoms with Gasteiger partial charge in [-0.15, -0.1) is 0 Å². The molecular weight excluding hydrogens is 343 g/mol. The number of carbonyl (C=O) groups excluding carboxylic acids is 1. The van der Waals surface area contributed by atoms with Gasteiger partial charge in [0.05, 0.1) is 5.69 Å². The summed E-state index contributed by atoms with van der Waals surface area (Å²) in [7, 11) is 2.03. The van der Waals surface area contributed by atoms with Crippen LogP contribution in [0.3, 0.4) is 0 Å². The monoisotopic (exact) mass is 372 g/mol. The molecule has 1 aromatic heterocycles. The van der Waals surface area contributed by atoms with Crippen molar-refractivity contribution in [1.82, 2.24) is 19.4 Å². The van der Waals surface area contributed by atoms with Gasteiger partial charge in [0.15, 0.2) is 0 Å². The van der Waals surface area contributed by atoms with E-state index in [1.807, 2.05) is 25.1 Å². The predicted octanol–water partition coefficient (Wildman–Crippen LogP) is 3.13. The summed E-state index contributed by atoms with van der Waals surface area (Å²) in [5.74, 6) is 1.25. The van der Waals surface area contributed by atoms with E-state index in [4.69, 9.17) is 0 Å². The van der Waals surface area contributed by atoms with Crippen LogP contribution in [0.4, 0.5) is 4.39 Å². The van der Waals surface area contributed by atoms with Gasteiger partial charge in [-0.25, -0.2) is 9.37 Å². The van der Waals surface area contributed by atoms with Gasteiger partial charge in [0.1, 0.15) is 11.6 Å². The molecule has 0 aliphatic carbocycles. The summed E-state index contributed by atoms with van der Waals surface area (Å²) in [5.41, 5.74) is 2.13. The lowest BCUT2D eigenvalue weighted by molar-refractivity contribution is -0.134. The normalized spacial score (nSPS) is 19.0. The number of aryl methyl sites for hydroxylation is 1. The van der Waals surface area contributed by atoms with E-state index in [1.54, 1.807) is 12.1 Å². The molecule has 2 aromatic rings. The molecule has 0 saturated carbocycles.